The Bertz CT molecular complexity index is 465. The average molecular weight is 263 g/mol. The highest BCUT2D eigenvalue weighted by Gasteiger charge is 2.18. The Hall–Kier alpha value is -2.04. The van der Waals surface area contributed by atoms with Crippen molar-refractivity contribution in [3.05, 3.63) is 29.3 Å². The third kappa shape index (κ3) is 3.98. The minimum Gasteiger partial charge on any atom is -0.399 e. The summed E-state index contributed by atoms with van der Waals surface area (Å²) in [6, 6.07) is 5.25. The van der Waals surface area contributed by atoms with Gasteiger partial charge in [0.05, 0.1) is 5.92 Å². The molecule has 0 spiro atoms. The summed E-state index contributed by atoms with van der Waals surface area (Å²) >= 11 is 0. The van der Waals surface area contributed by atoms with Crippen molar-refractivity contribution in [2.45, 2.75) is 13.8 Å². The molecule has 104 valence electrons. The highest BCUT2D eigenvalue weighted by atomic mass is 16.2. The summed E-state index contributed by atoms with van der Waals surface area (Å²) in [4.78, 5) is 25.2. The fourth-order valence-electron chi connectivity index (χ4n) is 1.98. The number of benzene rings is 1. The summed E-state index contributed by atoms with van der Waals surface area (Å²) in [6.45, 7) is 4.04. The Kier molecular flexibility index (Phi) is 4.92. The maximum Gasteiger partial charge on any atom is 0.253 e. The SMILES string of the molecule is CNC(=O)C(C)CN(C)C(=O)c1cc(C)cc(N)c1. The Morgan fingerprint density at radius 3 is 2.53 bits per heavy atom. The third-order valence-electron chi connectivity index (χ3n) is 2.94. The first-order valence-corrected chi connectivity index (χ1v) is 6.19. The second-order valence-corrected chi connectivity index (χ2v) is 4.83. The number of hydrogen-bond donors (Lipinski definition) is 2. The smallest absolute Gasteiger partial charge is 0.253 e. The topological polar surface area (TPSA) is 75.4 Å². The molecule has 0 fully saturated rings. The average Bonchev–Trinajstić information content (AvgIpc) is 2.35. The lowest BCUT2D eigenvalue weighted by Crippen LogP contribution is -2.37. The van der Waals surface area contributed by atoms with Crippen LogP contribution in [0, 0.1) is 12.8 Å². The van der Waals surface area contributed by atoms with Crippen LogP contribution in [0.4, 0.5) is 5.69 Å². The molecule has 0 bridgehead atoms. The molecule has 1 unspecified atom stereocenters. The van der Waals surface area contributed by atoms with Gasteiger partial charge in [0.1, 0.15) is 0 Å². The number of nitrogens with two attached hydrogens (primary N) is 1. The molecule has 0 aliphatic carbocycles. The third-order valence-corrected chi connectivity index (χ3v) is 2.94. The number of amides is 2. The minimum absolute atomic E-state index is 0.0802. The van der Waals surface area contributed by atoms with Crippen LogP contribution in [0.15, 0.2) is 18.2 Å². The van der Waals surface area contributed by atoms with Crippen LogP contribution in [0.25, 0.3) is 0 Å². The maximum absolute atomic E-state index is 12.2. The predicted molar refractivity (Wildman–Crippen MR) is 75.8 cm³/mol. The van der Waals surface area contributed by atoms with Crippen LogP contribution in [0.1, 0.15) is 22.8 Å². The van der Waals surface area contributed by atoms with E-state index in [2.05, 4.69) is 5.32 Å². The lowest BCUT2D eigenvalue weighted by atomic mass is 10.1. The fraction of sp³-hybridized carbons (Fsp3) is 0.429. The number of carbonyl (C=O) groups is 2. The zero-order valence-corrected chi connectivity index (χ0v) is 11.9. The van der Waals surface area contributed by atoms with Gasteiger partial charge in [-0.1, -0.05) is 6.92 Å². The van der Waals surface area contributed by atoms with Crippen molar-refractivity contribution in [1.29, 1.82) is 0 Å². The zero-order chi connectivity index (χ0) is 14.6. The van der Waals surface area contributed by atoms with Gasteiger partial charge in [0, 0.05) is 31.9 Å². The number of nitrogen functional groups attached to an aromatic ring is 1. The van der Waals surface area contributed by atoms with Gasteiger partial charge in [-0.2, -0.15) is 0 Å². The van der Waals surface area contributed by atoms with Crippen molar-refractivity contribution >= 4 is 17.5 Å². The van der Waals surface area contributed by atoms with E-state index in [-0.39, 0.29) is 17.7 Å². The van der Waals surface area contributed by atoms with Gasteiger partial charge >= 0.3 is 0 Å². The van der Waals surface area contributed by atoms with Crippen molar-refractivity contribution < 1.29 is 9.59 Å². The van der Waals surface area contributed by atoms with Crippen molar-refractivity contribution in [3.63, 3.8) is 0 Å². The van der Waals surface area contributed by atoms with Gasteiger partial charge in [-0.3, -0.25) is 9.59 Å². The Labute approximate surface area is 113 Å². The van der Waals surface area contributed by atoms with E-state index in [4.69, 9.17) is 5.73 Å². The van der Waals surface area contributed by atoms with Crippen LogP contribution >= 0.6 is 0 Å². The number of anilines is 1. The van der Waals surface area contributed by atoms with E-state index in [1.54, 1.807) is 33.2 Å². The van der Waals surface area contributed by atoms with Crippen molar-refractivity contribution in [3.8, 4) is 0 Å². The number of carbonyl (C=O) groups excluding carboxylic acids is 2. The van der Waals surface area contributed by atoms with Gasteiger partial charge in [0.15, 0.2) is 0 Å². The van der Waals surface area contributed by atoms with E-state index in [1.165, 1.54) is 4.90 Å². The van der Waals surface area contributed by atoms with E-state index in [1.807, 2.05) is 13.0 Å². The molecular weight excluding hydrogens is 242 g/mol. The molecule has 0 aliphatic heterocycles. The van der Waals surface area contributed by atoms with Crippen LogP contribution in [-0.2, 0) is 4.79 Å². The Balaban J connectivity index is 2.79. The molecule has 5 heteroatoms. The molecule has 19 heavy (non-hydrogen) atoms. The molecule has 2 amide bonds. The molecule has 1 aromatic carbocycles. The molecule has 0 saturated carbocycles. The minimum atomic E-state index is -0.249. The van der Waals surface area contributed by atoms with Gasteiger partial charge in [-0.15, -0.1) is 0 Å². The second kappa shape index (κ2) is 6.22. The number of aryl methyl sites for hydroxylation is 1. The number of nitrogens with zero attached hydrogens (tertiary/aromatic N) is 1. The number of rotatable bonds is 4. The lowest BCUT2D eigenvalue weighted by Gasteiger charge is -2.21. The van der Waals surface area contributed by atoms with Crippen molar-refractivity contribution in [2.75, 3.05) is 26.4 Å². The largest absolute Gasteiger partial charge is 0.399 e. The van der Waals surface area contributed by atoms with E-state index >= 15 is 0 Å². The van der Waals surface area contributed by atoms with Crippen LogP contribution in [0.3, 0.4) is 0 Å². The molecule has 1 rings (SSSR count). The van der Waals surface area contributed by atoms with Crippen LogP contribution in [0.2, 0.25) is 0 Å². The summed E-state index contributed by atoms with van der Waals surface area (Å²) in [5.41, 5.74) is 7.79. The van der Waals surface area contributed by atoms with E-state index in [0.717, 1.165) is 5.56 Å². The summed E-state index contributed by atoms with van der Waals surface area (Å²) in [5.74, 6) is -0.462. The van der Waals surface area contributed by atoms with Gasteiger partial charge in [0.25, 0.3) is 5.91 Å². The molecule has 0 radical (unpaired) electrons. The summed E-state index contributed by atoms with van der Waals surface area (Å²) in [7, 11) is 3.27. The van der Waals surface area contributed by atoms with Crippen molar-refractivity contribution in [2.24, 2.45) is 5.92 Å². The van der Waals surface area contributed by atoms with Gasteiger partial charge in [-0.05, 0) is 30.7 Å². The first-order valence-electron chi connectivity index (χ1n) is 6.19. The molecule has 5 nitrogen and oxygen atoms in total. The normalized spacial score (nSPS) is 11.8. The molecule has 0 heterocycles. The summed E-state index contributed by atoms with van der Waals surface area (Å²) in [6.07, 6.45) is 0. The number of nitrogens with one attached hydrogen (secondary N) is 1. The van der Waals surface area contributed by atoms with Crippen LogP contribution < -0.4 is 11.1 Å². The highest BCUT2D eigenvalue weighted by Crippen LogP contribution is 2.13. The Morgan fingerprint density at radius 1 is 1.37 bits per heavy atom. The van der Waals surface area contributed by atoms with Gasteiger partial charge < -0.3 is 16.0 Å². The van der Waals surface area contributed by atoms with E-state index < -0.39 is 0 Å². The van der Waals surface area contributed by atoms with Gasteiger partial charge in [-0.25, -0.2) is 0 Å². The molecule has 1 atom stereocenters. The second-order valence-electron chi connectivity index (χ2n) is 4.83. The zero-order valence-electron chi connectivity index (χ0n) is 11.9. The van der Waals surface area contributed by atoms with Gasteiger partial charge in [0.2, 0.25) is 5.91 Å². The Morgan fingerprint density at radius 2 is 2.00 bits per heavy atom. The first kappa shape index (κ1) is 15.0. The summed E-state index contributed by atoms with van der Waals surface area (Å²) in [5, 5.41) is 2.57. The molecule has 1 aromatic rings. The lowest BCUT2D eigenvalue weighted by molar-refractivity contribution is -0.124. The standard InChI is InChI=1S/C14H21N3O2/c1-9-5-11(7-12(15)6-9)14(19)17(4)8-10(2)13(18)16-3/h5-7,10H,8,15H2,1-4H3,(H,16,18). The molecule has 3 N–H and O–H groups in total. The quantitative estimate of drug-likeness (QED) is 0.797. The first-order chi connectivity index (χ1) is 8.85. The van der Waals surface area contributed by atoms with Crippen LogP contribution in [0.5, 0.6) is 0 Å². The monoisotopic (exact) mass is 263 g/mol. The number of hydrogen-bond acceptors (Lipinski definition) is 3. The van der Waals surface area contributed by atoms with Crippen LogP contribution in [-0.4, -0.2) is 37.4 Å². The molecule has 0 saturated heterocycles. The van der Waals surface area contributed by atoms with E-state index in [9.17, 15) is 9.59 Å². The van der Waals surface area contributed by atoms with Crippen molar-refractivity contribution in [1.82, 2.24) is 10.2 Å². The molecule has 0 aliphatic rings. The molecular formula is C14H21N3O2. The maximum atomic E-state index is 12.2. The molecule has 0 aromatic heterocycles. The van der Waals surface area contributed by atoms with E-state index in [0.29, 0.717) is 17.8 Å². The highest BCUT2D eigenvalue weighted by molar-refractivity contribution is 5.95. The fourth-order valence-corrected chi connectivity index (χ4v) is 1.98. The predicted octanol–water partition coefficient (Wildman–Crippen LogP) is 1.03. The summed E-state index contributed by atoms with van der Waals surface area (Å²) < 4.78 is 0.